The lowest BCUT2D eigenvalue weighted by Gasteiger charge is -2.11. The highest BCUT2D eigenvalue weighted by atomic mass is 16.1. The topological polar surface area (TPSA) is 64.7 Å². The Labute approximate surface area is 112 Å². The Morgan fingerprint density at radius 2 is 2.00 bits per heavy atom. The van der Waals surface area contributed by atoms with E-state index in [1.807, 2.05) is 31.7 Å². The molecule has 0 fully saturated rings. The molecule has 2 heterocycles. The van der Waals surface area contributed by atoms with Crippen molar-refractivity contribution in [2.45, 2.75) is 26.3 Å². The molecule has 1 N–H and O–H groups in total. The molecule has 0 radical (unpaired) electrons. The molecular formula is C13H19N5O. The molecule has 6 heteroatoms. The first-order chi connectivity index (χ1) is 9.09. The van der Waals surface area contributed by atoms with Gasteiger partial charge < -0.3 is 14.5 Å². The minimum atomic E-state index is -0.0858. The lowest BCUT2D eigenvalue weighted by molar-refractivity contribution is 0.575. The highest BCUT2D eigenvalue weighted by Crippen LogP contribution is 2.02. The average molecular weight is 261 g/mol. The molecule has 19 heavy (non-hydrogen) atoms. The van der Waals surface area contributed by atoms with Crippen molar-refractivity contribution in [2.75, 3.05) is 11.9 Å². The molecule has 0 saturated heterocycles. The van der Waals surface area contributed by atoms with E-state index in [2.05, 4.69) is 15.3 Å². The van der Waals surface area contributed by atoms with Crippen LogP contribution in [0.4, 0.5) is 5.82 Å². The molecule has 0 saturated carbocycles. The monoisotopic (exact) mass is 261 g/mol. The maximum absolute atomic E-state index is 12.1. The summed E-state index contributed by atoms with van der Waals surface area (Å²) in [5.74, 6) is 1.37. The third kappa shape index (κ3) is 3.01. The fraction of sp³-hybridized carbons (Fsp3) is 0.462. The van der Waals surface area contributed by atoms with E-state index in [0.29, 0.717) is 12.4 Å². The largest absolute Gasteiger partial charge is 0.365 e. The normalized spacial score (nSPS) is 10.9. The van der Waals surface area contributed by atoms with Crippen LogP contribution in [0.1, 0.15) is 25.7 Å². The van der Waals surface area contributed by atoms with Gasteiger partial charge in [0, 0.05) is 50.8 Å². The third-order valence-electron chi connectivity index (χ3n) is 2.99. The Morgan fingerprint density at radius 1 is 1.26 bits per heavy atom. The van der Waals surface area contributed by atoms with Crippen molar-refractivity contribution < 1.29 is 0 Å². The van der Waals surface area contributed by atoms with Crippen molar-refractivity contribution in [1.29, 1.82) is 0 Å². The zero-order chi connectivity index (χ0) is 13.8. The number of aryl methyl sites for hydroxylation is 1. The van der Waals surface area contributed by atoms with E-state index in [0.717, 1.165) is 12.2 Å². The summed E-state index contributed by atoms with van der Waals surface area (Å²) >= 11 is 0. The van der Waals surface area contributed by atoms with Crippen LogP contribution in [-0.4, -0.2) is 25.6 Å². The van der Waals surface area contributed by atoms with Crippen LogP contribution in [0.25, 0.3) is 0 Å². The molecule has 102 valence electrons. The molecule has 0 atom stereocenters. The Morgan fingerprint density at radius 3 is 2.63 bits per heavy atom. The maximum atomic E-state index is 12.1. The first-order valence-electron chi connectivity index (χ1n) is 6.37. The van der Waals surface area contributed by atoms with Crippen LogP contribution in [0.2, 0.25) is 0 Å². The van der Waals surface area contributed by atoms with Crippen molar-refractivity contribution in [2.24, 2.45) is 7.05 Å². The van der Waals surface area contributed by atoms with Crippen LogP contribution >= 0.6 is 0 Å². The molecule has 0 aromatic carbocycles. The second-order valence-electron chi connectivity index (χ2n) is 4.71. The Kier molecular flexibility index (Phi) is 3.99. The quantitative estimate of drug-likeness (QED) is 0.878. The fourth-order valence-corrected chi connectivity index (χ4v) is 1.88. The number of nitrogens with zero attached hydrogens (tertiary/aromatic N) is 4. The summed E-state index contributed by atoms with van der Waals surface area (Å²) in [6, 6.07) is 0.130. The Hall–Kier alpha value is -2.11. The summed E-state index contributed by atoms with van der Waals surface area (Å²) in [6.07, 6.45) is 7.77. The predicted molar refractivity (Wildman–Crippen MR) is 74.3 cm³/mol. The van der Waals surface area contributed by atoms with E-state index >= 15 is 0 Å². The maximum Gasteiger partial charge on any atom is 0.293 e. The van der Waals surface area contributed by atoms with Crippen LogP contribution in [0, 0.1) is 0 Å². The van der Waals surface area contributed by atoms with Crippen LogP contribution in [0.3, 0.4) is 0 Å². The molecule has 0 aliphatic rings. The molecule has 0 spiro atoms. The van der Waals surface area contributed by atoms with Crippen LogP contribution in [0.5, 0.6) is 0 Å². The lowest BCUT2D eigenvalue weighted by atomic mass is 10.3. The van der Waals surface area contributed by atoms with Gasteiger partial charge in [-0.05, 0) is 13.8 Å². The standard InChI is InChI=1S/C13H19N5O/c1-10(2)18-9-7-16-12(13(18)19)15-5-4-11-14-6-8-17(11)3/h6-10H,4-5H2,1-3H3,(H,15,16). The van der Waals surface area contributed by atoms with Gasteiger partial charge in [-0.15, -0.1) is 0 Å². The van der Waals surface area contributed by atoms with Crippen molar-refractivity contribution in [3.05, 3.63) is 41.0 Å². The van der Waals surface area contributed by atoms with Gasteiger partial charge in [0.15, 0.2) is 5.82 Å². The summed E-state index contributed by atoms with van der Waals surface area (Å²) in [6.45, 7) is 4.58. The molecule has 2 aromatic rings. The number of hydrogen-bond acceptors (Lipinski definition) is 4. The SMILES string of the molecule is CC(C)n1ccnc(NCCc2nccn2C)c1=O. The highest BCUT2D eigenvalue weighted by molar-refractivity contribution is 5.30. The Bertz CT molecular complexity index is 599. The number of nitrogens with one attached hydrogen (secondary N) is 1. The first kappa shape index (κ1) is 13.3. The van der Waals surface area contributed by atoms with Gasteiger partial charge in [0.1, 0.15) is 5.82 Å². The summed E-state index contributed by atoms with van der Waals surface area (Å²) in [5.41, 5.74) is -0.0858. The fourth-order valence-electron chi connectivity index (χ4n) is 1.88. The van der Waals surface area contributed by atoms with Crippen LogP contribution in [0.15, 0.2) is 29.6 Å². The van der Waals surface area contributed by atoms with E-state index in [1.54, 1.807) is 23.2 Å². The van der Waals surface area contributed by atoms with Crippen molar-refractivity contribution >= 4 is 5.82 Å². The predicted octanol–water partition coefficient (Wildman–Crippen LogP) is 1.21. The van der Waals surface area contributed by atoms with Crippen molar-refractivity contribution in [3.8, 4) is 0 Å². The van der Waals surface area contributed by atoms with E-state index in [-0.39, 0.29) is 11.6 Å². The third-order valence-corrected chi connectivity index (χ3v) is 2.99. The van der Waals surface area contributed by atoms with E-state index in [4.69, 9.17) is 0 Å². The first-order valence-corrected chi connectivity index (χ1v) is 6.37. The van der Waals surface area contributed by atoms with Gasteiger partial charge in [-0.1, -0.05) is 0 Å². The number of rotatable bonds is 5. The number of aromatic nitrogens is 4. The highest BCUT2D eigenvalue weighted by Gasteiger charge is 2.07. The number of anilines is 1. The molecule has 0 unspecified atom stereocenters. The minimum Gasteiger partial charge on any atom is -0.365 e. The molecule has 0 amide bonds. The van der Waals surface area contributed by atoms with E-state index < -0.39 is 0 Å². The van der Waals surface area contributed by atoms with Crippen LogP contribution < -0.4 is 10.9 Å². The zero-order valence-electron chi connectivity index (χ0n) is 11.5. The molecule has 0 bridgehead atoms. The van der Waals surface area contributed by atoms with Gasteiger partial charge in [-0.3, -0.25) is 4.79 Å². The zero-order valence-corrected chi connectivity index (χ0v) is 11.5. The number of imidazole rings is 1. The molecular weight excluding hydrogens is 242 g/mol. The van der Waals surface area contributed by atoms with E-state index in [9.17, 15) is 4.79 Å². The summed E-state index contributed by atoms with van der Waals surface area (Å²) in [7, 11) is 1.95. The van der Waals surface area contributed by atoms with Gasteiger partial charge in [-0.25, -0.2) is 9.97 Å². The van der Waals surface area contributed by atoms with E-state index in [1.165, 1.54) is 0 Å². The average Bonchev–Trinajstić information content (AvgIpc) is 2.77. The number of hydrogen-bond donors (Lipinski definition) is 1. The molecule has 6 nitrogen and oxygen atoms in total. The smallest absolute Gasteiger partial charge is 0.293 e. The van der Waals surface area contributed by atoms with Crippen molar-refractivity contribution in [3.63, 3.8) is 0 Å². The van der Waals surface area contributed by atoms with Gasteiger partial charge in [0.2, 0.25) is 0 Å². The minimum absolute atomic E-state index is 0.0858. The molecule has 0 aliphatic heterocycles. The summed E-state index contributed by atoms with van der Waals surface area (Å²) < 4.78 is 3.63. The Balaban J connectivity index is 2.02. The van der Waals surface area contributed by atoms with Crippen molar-refractivity contribution in [1.82, 2.24) is 19.1 Å². The van der Waals surface area contributed by atoms with Gasteiger partial charge in [-0.2, -0.15) is 0 Å². The van der Waals surface area contributed by atoms with Crippen LogP contribution in [-0.2, 0) is 13.5 Å². The molecule has 2 aromatic heterocycles. The van der Waals surface area contributed by atoms with Gasteiger partial charge >= 0.3 is 0 Å². The summed E-state index contributed by atoms with van der Waals surface area (Å²) in [5, 5.41) is 3.08. The second kappa shape index (κ2) is 5.69. The van der Waals surface area contributed by atoms with Gasteiger partial charge in [0.25, 0.3) is 5.56 Å². The molecule has 2 rings (SSSR count). The summed E-state index contributed by atoms with van der Waals surface area (Å²) in [4.78, 5) is 20.4. The lowest BCUT2D eigenvalue weighted by Crippen LogP contribution is -2.26. The van der Waals surface area contributed by atoms with Gasteiger partial charge in [0.05, 0.1) is 0 Å². The second-order valence-corrected chi connectivity index (χ2v) is 4.71. The molecule has 0 aliphatic carbocycles.